The minimum atomic E-state index is -0.566. The molecule has 366 valence electrons. The molecule has 11 aromatic carbocycles. The highest BCUT2D eigenvalue weighted by molar-refractivity contribution is 6.10. The quantitative estimate of drug-likeness (QED) is 0.172. The number of aromatic nitrogens is 1. The molecule has 0 amide bonds. The maximum Gasteiger partial charge on any atom is 0.132 e. The molecule has 4 nitrogen and oxygen atoms in total. The Morgan fingerprint density at radius 3 is 1.60 bits per heavy atom. The molecule has 0 radical (unpaired) electrons. The number of ether oxygens (including phenoxy) is 2. The number of hydrogen-bond acceptors (Lipinski definition) is 3. The highest BCUT2D eigenvalue weighted by Gasteiger charge is 2.57. The second kappa shape index (κ2) is 16.3. The molecule has 12 aromatic rings. The molecule has 0 N–H and O–H groups in total. The Balaban J connectivity index is 0.869. The van der Waals surface area contributed by atoms with E-state index in [9.17, 15) is 0 Å². The van der Waals surface area contributed by atoms with Gasteiger partial charge in [0, 0.05) is 67.6 Å². The molecular weight excluding hydrogens is 949 g/mol. The summed E-state index contributed by atoms with van der Waals surface area (Å²) in [5.41, 5.74) is 20.5. The average molecular weight is 997 g/mol. The van der Waals surface area contributed by atoms with Crippen molar-refractivity contribution in [2.45, 2.75) is 16.7 Å². The third-order valence-electron chi connectivity index (χ3n) is 17.8. The maximum absolute atomic E-state index is 6.72. The number of fused-ring (bicyclic) bond motifs is 21. The Bertz CT molecular complexity index is 4450. The second-order valence-electron chi connectivity index (χ2n) is 21.4. The fourth-order valence-electron chi connectivity index (χ4n) is 14.7. The first kappa shape index (κ1) is 43.4. The van der Waals surface area contributed by atoms with Crippen LogP contribution in [0.4, 0.5) is 17.1 Å². The summed E-state index contributed by atoms with van der Waals surface area (Å²) in [7, 11) is 0. The molecule has 0 bridgehead atoms. The van der Waals surface area contributed by atoms with Crippen LogP contribution in [0.5, 0.6) is 23.0 Å². The predicted molar refractivity (Wildman–Crippen MR) is 316 cm³/mol. The molecule has 2 spiro atoms. The molecule has 0 saturated heterocycles. The van der Waals surface area contributed by atoms with Gasteiger partial charge in [-0.15, -0.1) is 0 Å². The Kier molecular flexibility index (Phi) is 9.06. The number of benzene rings is 11. The van der Waals surface area contributed by atoms with Gasteiger partial charge in [-0.25, -0.2) is 0 Å². The molecule has 2 atom stereocenters. The summed E-state index contributed by atoms with van der Waals surface area (Å²) in [5, 5.41) is 2.49. The van der Waals surface area contributed by atoms with Gasteiger partial charge in [0.05, 0.1) is 21.9 Å². The number of para-hydroxylation sites is 6. The molecule has 4 heteroatoms. The lowest BCUT2D eigenvalue weighted by atomic mass is 9.62. The van der Waals surface area contributed by atoms with Gasteiger partial charge >= 0.3 is 0 Å². The van der Waals surface area contributed by atoms with Crippen LogP contribution in [0.3, 0.4) is 0 Å². The molecule has 0 fully saturated rings. The predicted octanol–water partition coefficient (Wildman–Crippen LogP) is 18.7. The van der Waals surface area contributed by atoms with Crippen molar-refractivity contribution < 1.29 is 9.47 Å². The van der Waals surface area contributed by atoms with Crippen LogP contribution in [-0.4, -0.2) is 4.57 Å². The standard InChI is InChI=1S/C74H48N2O2/c1-2-18-49(19-3-1)76-67-29-13-6-22-55(67)56-41-36-48(44-68(56)76)47-34-37-50(38-35-47)75(51-39-42-61-57(45-51)53-20-4-7-23-59(53)73(61)63-25-9-14-30-69(63)77-70-31-15-10-26-64(70)73)52-40-43-62-58(46-52)54-21-5-8-24-60(54)74(62)65-27-11-16-32-71(65)78-72-33-17-12-28-66(72)74/h1-46,53,59H. The van der Waals surface area contributed by atoms with Crippen molar-refractivity contribution in [1.29, 1.82) is 0 Å². The van der Waals surface area contributed by atoms with E-state index in [1.807, 2.05) is 0 Å². The molecule has 2 aliphatic heterocycles. The van der Waals surface area contributed by atoms with Crippen LogP contribution in [-0.2, 0) is 10.8 Å². The molecular formula is C74H48N2O2. The molecule has 0 saturated carbocycles. The van der Waals surface area contributed by atoms with E-state index in [0.717, 1.165) is 62.4 Å². The van der Waals surface area contributed by atoms with Crippen LogP contribution in [0.2, 0.25) is 0 Å². The minimum Gasteiger partial charge on any atom is -0.457 e. The van der Waals surface area contributed by atoms with E-state index in [-0.39, 0.29) is 11.8 Å². The lowest BCUT2D eigenvalue weighted by Gasteiger charge is -2.43. The first-order valence-electron chi connectivity index (χ1n) is 27.1. The Morgan fingerprint density at radius 2 is 0.885 bits per heavy atom. The monoisotopic (exact) mass is 996 g/mol. The normalized spacial score (nSPS) is 16.8. The van der Waals surface area contributed by atoms with Crippen molar-refractivity contribution in [3.05, 3.63) is 324 Å². The summed E-state index contributed by atoms with van der Waals surface area (Å²) in [6, 6.07) is 93.7. The lowest BCUT2D eigenvalue weighted by Crippen LogP contribution is -2.37. The third kappa shape index (κ3) is 5.78. The zero-order valence-electron chi connectivity index (χ0n) is 42.4. The fourth-order valence-corrected chi connectivity index (χ4v) is 14.7. The summed E-state index contributed by atoms with van der Waals surface area (Å²) < 4.78 is 15.8. The number of allylic oxidation sites excluding steroid dienone is 4. The van der Waals surface area contributed by atoms with Gasteiger partial charge in [-0.05, 0) is 129 Å². The van der Waals surface area contributed by atoms with E-state index in [1.54, 1.807) is 0 Å². The van der Waals surface area contributed by atoms with E-state index < -0.39 is 10.8 Å². The van der Waals surface area contributed by atoms with Crippen LogP contribution in [0, 0.1) is 5.92 Å². The van der Waals surface area contributed by atoms with Crippen LogP contribution < -0.4 is 14.4 Å². The summed E-state index contributed by atoms with van der Waals surface area (Å²) in [5.74, 6) is 3.89. The number of nitrogens with zero attached hydrogens (tertiary/aromatic N) is 2. The van der Waals surface area contributed by atoms with E-state index >= 15 is 0 Å². The van der Waals surface area contributed by atoms with E-state index in [0.29, 0.717) is 0 Å². The molecule has 2 unspecified atom stereocenters. The average Bonchev–Trinajstić information content (AvgIpc) is 3.95. The molecule has 17 rings (SSSR count). The van der Waals surface area contributed by atoms with Crippen molar-refractivity contribution in [3.63, 3.8) is 0 Å². The molecule has 1 aromatic heterocycles. The Morgan fingerprint density at radius 1 is 0.359 bits per heavy atom. The summed E-state index contributed by atoms with van der Waals surface area (Å²) in [6.07, 6.45) is 9.34. The largest absolute Gasteiger partial charge is 0.457 e. The van der Waals surface area contributed by atoms with Gasteiger partial charge < -0.3 is 18.9 Å². The summed E-state index contributed by atoms with van der Waals surface area (Å²) in [4.78, 5) is 2.48. The van der Waals surface area contributed by atoms with E-state index in [2.05, 4.69) is 289 Å². The zero-order chi connectivity index (χ0) is 51.1. The van der Waals surface area contributed by atoms with Crippen LogP contribution in [0.15, 0.2) is 279 Å². The van der Waals surface area contributed by atoms with Gasteiger partial charge in [0.1, 0.15) is 23.0 Å². The van der Waals surface area contributed by atoms with Crippen molar-refractivity contribution in [3.8, 4) is 50.9 Å². The highest BCUT2D eigenvalue weighted by atomic mass is 16.5. The summed E-state index contributed by atoms with van der Waals surface area (Å²) >= 11 is 0. The van der Waals surface area contributed by atoms with E-state index in [4.69, 9.17) is 9.47 Å². The number of hydrogen-bond donors (Lipinski definition) is 0. The first-order chi connectivity index (χ1) is 38.7. The van der Waals surface area contributed by atoms with E-state index in [1.165, 1.54) is 71.9 Å². The van der Waals surface area contributed by atoms with Gasteiger partial charge in [-0.2, -0.15) is 0 Å². The SMILES string of the molecule is C1=CC2c3cc(N(c4ccc(-c5ccc6c7ccccc7n(-c7ccccc7)c6c5)cc4)c4ccc5c(c4)-c4ccccc4C54c5ccccc5Oc5ccccc54)ccc3C3(c4ccccc4Oc4ccccc43)C2C=C1. The zero-order valence-corrected chi connectivity index (χ0v) is 42.4. The van der Waals surface area contributed by atoms with Gasteiger partial charge in [-0.3, -0.25) is 0 Å². The van der Waals surface area contributed by atoms with Gasteiger partial charge in [0.25, 0.3) is 0 Å². The van der Waals surface area contributed by atoms with Crippen LogP contribution in [0.25, 0.3) is 49.7 Å². The molecule has 3 aliphatic carbocycles. The van der Waals surface area contributed by atoms with Crippen molar-refractivity contribution in [2.24, 2.45) is 5.92 Å². The minimum absolute atomic E-state index is 0.134. The van der Waals surface area contributed by atoms with Crippen LogP contribution >= 0.6 is 0 Å². The van der Waals surface area contributed by atoms with Crippen molar-refractivity contribution in [1.82, 2.24) is 4.57 Å². The Labute approximate surface area is 452 Å². The summed E-state index contributed by atoms with van der Waals surface area (Å²) in [6.45, 7) is 0. The number of anilines is 3. The molecule has 3 heterocycles. The van der Waals surface area contributed by atoms with Gasteiger partial charge in [0.2, 0.25) is 0 Å². The smallest absolute Gasteiger partial charge is 0.132 e. The fraction of sp³-hybridized carbons (Fsp3) is 0.0541. The van der Waals surface area contributed by atoms with Crippen LogP contribution in [0.1, 0.15) is 50.4 Å². The van der Waals surface area contributed by atoms with Gasteiger partial charge in [-0.1, -0.05) is 194 Å². The molecule has 78 heavy (non-hydrogen) atoms. The first-order valence-corrected chi connectivity index (χ1v) is 27.1. The maximum atomic E-state index is 6.72. The highest BCUT2D eigenvalue weighted by Crippen LogP contribution is 2.66. The lowest BCUT2D eigenvalue weighted by molar-refractivity contribution is 0.374. The third-order valence-corrected chi connectivity index (χ3v) is 17.8. The Hall–Kier alpha value is -9.90. The van der Waals surface area contributed by atoms with Crippen molar-refractivity contribution in [2.75, 3.05) is 4.90 Å². The topological polar surface area (TPSA) is 26.6 Å². The second-order valence-corrected chi connectivity index (χ2v) is 21.4. The molecule has 5 aliphatic rings. The van der Waals surface area contributed by atoms with Crippen molar-refractivity contribution >= 4 is 38.9 Å². The number of rotatable bonds is 5. The van der Waals surface area contributed by atoms with Gasteiger partial charge in [0.15, 0.2) is 0 Å².